The van der Waals surface area contributed by atoms with E-state index in [1.807, 2.05) is 0 Å². The summed E-state index contributed by atoms with van der Waals surface area (Å²) in [5.74, 6) is -0.913. The van der Waals surface area contributed by atoms with E-state index in [0.717, 1.165) is 0 Å². The maximum atomic E-state index is 13.3. The second-order valence-electron chi connectivity index (χ2n) is 4.01. The molecule has 0 aromatic heterocycles. The largest absolute Gasteiger partial charge is 0.396 e. The van der Waals surface area contributed by atoms with Gasteiger partial charge in [0.25, 0.3) is 0 Å². The normalized spacial score (nSPS) is 10.5. The van der Waals surface area contributed by atoms with Gasteiger partial charge in [0.2, 0.25) is 0 Å². The summed E-state index contributed by atoms with van der Waals surface area (Å²) in [6.45, 7) is 0. The summed E-state index contributed by atoms with van der Waals surface area (Å²) in [6.07, 6.45) is 0.0209. The summed E-state index contributed by atoms with van der Waals surface area (Å²) in [4.78, 5) is 12.1. The Hall–Kier alpha value is -1.58. The molecule has 0 heterocycles. The van der Waals surface area contributed by atoms with E-state index < -0.39 is 5.82 Å². The van der Waals surface area contributed by atoms with Crippen LogP contribution in [0.2, 0.25) is 10.0 Å². The van der Waals surface area contributed by atoms with Gasteiger partial charge in [0.1, 0.15) is 5.82 Å². The highest BCUT2D eigenvalue weighted by Gasteiger charge is 2.15. The molecular weight excluding hydrogens is 288 g/mol. The molecule has 2 aromatic rings. The van der Waals surface area contributed by atoms with Crippen molar-refractivity contribution >= 4 is 34.7 Å². The van der Waals surface area contributed by atoms with Crippen molar-refractivity contribution in [1.29, 1.82) is 0 Å². The quantitative estimate of drug-likeness (QED) is 0.683. The monoisotopic (exact) mass is 297 g/mol. The lowest BCUT2D eigenvalue weighted by Gasteiger charge is -2.07. The maximum Gasteiger partial charge on any atom is 0.169 e. The number of anilines is 1. The van der Waals surface area contributed by atoms with Crippen LogP contribution < -0.4 is 5.73 Å². The molecule has 0 aliphatic carbocycles. The third-order valence-electron chi connectivity index (χ3n) is 2.74. The Morgan fingerprint density at radius 3 is 2.58 bits per heavy atom. The summed E-state index contributed by atoms with van der Waals surface area (Å²) in [7, 11) is 0. The highest BCUT2D eigenvalue weighted by Crippen LogP contribution is 2.27. The summed E-state index contributed by atoms with van der Waals surface area (Å²) in [5, 5.41) is 0.701. The van der Waals surface area contributed by atoms with Crippen LogP contribution in [-0.2, 0) is 6.42 Å². The van der Waals surface area contributed by atoms with Gasteiger partial charge in [0, 0.05) is 12.0 Å². The van der Waals surface area contributed by atoms with Gasteiger partial charge in [-0.3, -0.25) is 4.79 Å². The first-order valence-electron chi connectivity index (χ1n) is 5.50. The molecule has 2 aromatic carbocycles. The summed E-state index contributed by atoms with van der Waals surface area (Å²) in [6, 6.07) is 9.16. The van der Waals surface area contributed by atoms with Crippen LogP contribution in [0.5, 0.6) is 0 Å². The number of Topliss-reactive ketones (excluding diaryl/α,β-unsaturated/α-hetero) is 1. The Morgan fingerprint density at radius 2 is 1.84 bits per heavy atom. The van der Waals surface area contributed by atoms with E-state index in [2.05, 4.69) is 0 Å². The smallest absolute Gasteiger partial charge is 0.169 e. The van der Waals surface area contributed by atoms with Gasteiger partial charge in [-0.25, -0.2) is 4.39 Å². The van der Waals surface area contributed by atoms with Gasteiger partial charge in [-0.15, -0.1) is 0 Å². The Morgan fingerprint density at radius 1 is 1.16 bits per heavy atom. The lowest BCUT2D eigenvalue weighted by Crippen LogP contribution is -2.08. The number of hydrogen-bond donors (Lipinski definition) is 1. The Kier molecular flexibility index (Phi) is 4.08. The molecule has 2 N–H and O–H groups in total. The van der Waals surface area contributed by atoms with Gasteiger partial charge in [-0.05, 0) is 23.8 Å². The molecule has 0 spiro atoms. The second kappa shape index (κ2) is 5.59. The van der Waals surface area contributed by atoms with Gasteiger partial charge in [-0.2, -0.15) is 0 Å². The maximum absolute atomic E-state index is 13.3. The SMILES string of the molecule is Nc1c(F)cccc1C(=O)Cc1cccc(Cl)c1Cl. The number of ketones is 1. The van der Waals surface area contributed by atoms with Crippen LogP contribution in [0.15, 0.2) is 36.4 Å². The molecule has 0 aliphatic heterocycles. The molecule has 0 saturated carbocycles. The van der Waals surface area contributed by atoms with Gasteiger partial charge < -0.3 is 5.73 Å². The number of rotatable bonds is 3. The second-order valence-corrected chi connectivity index (χ2v) is 4.80. The van der Waals surface area contributed by atoms with Crippen LogP contribution in [0.1, 0.15) is 15.9 Å². The van der Waals surface area contributed by atoms with Gasteiger partial charge in [0.15, 0.2) is 5.78 Å². The van der Waals surface area contributed by atoms with Crippen molar-refractivity contribution < 1.29 is 9.18 Å². The number of hydrogen-bond acceptors (Lipinski definition) is 2. The Labute approximate surface area is 119 Å². The van der Waals surface area contributed by atoms with E-state index in [4.69, 9.17) is 28.9 Å². The van der Waals surface area contributed by atoms with E-state index in [1.54, 1.807) is 18.2 Å². The first-order chi connectivity index (χ1) is 9.00. The third kappa shape index (κ3) is 2.88. The predicted molar refractivity (Wildman–Crippen MR) is 75.3 cm³/mol. The minimum atomic E-state index is -0.608. The molecule has 98 valence electrons. The Balaban J connectivity index is 2.31. The van der Waals surface area contributed by atoms with Gasteiger partial charge in [-0.1, -0.05) is 41.4 Å². The van der Waals surface area contributed by atoms with Crippen LogP contribution in [-0.4, -0.2) is 5.78 Å². The molecule has 0 fully saturated rings. The molecule has 0 radical (unpaired) electrons. The van der Waals surface area contributed by atoms with Crippen molar-refractivity contribution in [3.8, 4) is 0 Å². The first kappa shape index (κ1) is 13.8. The number of nitrogen functional groups attached to an aromatic ring is 1. The molecule has 5 heteroatoms. The number of benzene rings is 2. The minimum Gasteiger partial charge on any atom is -0.396 e. The lowest BCUT2D eigenvalue weighted by molar-refractivity contribution is 0.0993. The Bertz CT molecular complexity index is 643. The molecule has 2 nitrogen and oxygen atoms in total. The predicted octanol–water partition coefficient (Wildman–Crippen LogP) is 4.14. The number of halogens is 3. The molecule has 0 aliphatic rings. The number of para-hydroxylation sites is 1. The van der Waals surface area contributed by atoms with Crippen LogP contribution in [0, 0.1) is 5.82 Å². The van der Waals surface area contributed by atoms with Crippen LogP contribution in [0.25, 0.3) is 0 Å². The standard InChI is InChI=1S/C14H10Cl2FNO/c15-10-5-1-3-8(13(10)16)7-12(19)9-4-2-6-11(17)14(9)18/h1-6H,7,18H2. The van der Waals surface area contributed by atoms with Crippen molar-refractivity contribution in [1.82, 2.24) is 0 Å². The van der Waals surface area contributed by atoms with Gasteiger partial charge >= 0.3 is 0 Å². The minimum absolute atomic E-state index is 0.0209. The van der Waals surface area contributed by atoms with Gasteiger partial charge in [0.05, 0.1) is 15.7 Å². The van der Waals surface area contributed by atoms with E-state index in [9.17, 15) is 9.18 Å². The topological polar surface area (TPSA) is 43.1 Å². The zero-order valence-corrected chi connectivity index (χ0v) is 11.3. The fraction of sp³-hybridized carbons (Fsp3) is 0.0714. The molecule has 2 rings (SSSR count). The summed E-state index contributed by atoms with van der Waals surface area (Å²) in [5.41, 5.74) is 6.14. The van der Waals surface area contributed by atoms with Crippen molar-refractivity contribution in [2.75, 3.05) is 5.73 Å². The molecule has 0 saturated heterocycles. The molecular formula is C14H10Cl2FNO. The van der Waals surface area contributed by atoms with Crippen molar-refractivity contribution in [2.45, 2.75) is 6.42 Å². The van der Waals surface area contributed by atoms with E-state index >= 15 is 0 Å². The number of nitrogens with two attached hydrogens (primary N) is 1. The van der Waals surface area contributed by atoms with Crippen LogP contribution in [0.4, 0.5) is 10.1 Å². The van der Waals surface area contributed by atoms with Crippen LogP contribution >= 0.6 is 23.2 Å². The fourth-order valence-corrected chi connectivity index (χ4v) is 2.12. The van der Waals surface area contributed by atoms with Crippen molar-refractivity contribution in [2.24, 2.45) is 0 Å². The first-order valence-corrected chi connectivity index (χ1v) is 6.26. The summed E-state index contributed by atoms with van der Waals surface area (Å²) < 4.78 is 13.3. The van der Waals surface area contributed by atoms with Crippen molar-refractivity contribution in [3.05, 3.63) is 63.4 Å². The fourth-order valence-electron chi connectivity index (χ4n) is 1.73. The van der Waals surface area contributed by atoms with E-state index in [1.165, 1.54) is 18.2 Å². The molecule has 0 unspecified atom stereocenters. The molecule has 0 amide bonds. The molecule has 19 heavy (non-hydrogen) atoms. The van der Waals surface area contributed by atoms with Crippen LogP contribution in [0.3, 0.4) is 0 Å². The average Bonchev–Trinajstić information content (AvgIpc) is 2.38. The molecule has 0 atom stereocenters. The zero-order valence-electron chi connectivity index (χ0n) is 9.79. The van der Waals surface area contributed by atoms with E-state index in [-0.39, 0.29) is 23.5 Å². The highest BCUT2D eigenvalue weighted by atomic mass is 35.5. The van der Waals surface area contributed by atoms with E-state index in [0.29, 0.717) is 15.6 Å². The third-order valence-corrected chi connectivity index (χ3v) is 3.59. The lowest BCUT2D eigenvalue weighted by atomic mass is 10.0. The van der Waals surface area contributed by atoms with Crippen molar-refractivity contribution in [3.63, 3.8) is 0 Å². The number of carbonyl (C=O) groups is 1. The molecule has 0 bridgehead atoms. The highest BCUT2D eigenvalue weighted by molar-refractivity contribution is 6.42. The summed E-state index contributed by atoms with van der Waals surface area (Å²) >= 11 is 11.9. The average molecular weight is 298 g/mol. The zero-order chi connectivity index (χ0) is 14.0. The number of carbonyl (C=O) groups excluding carboxylic acids is 1.